The molecule has 0 spiro atoms. The van der Waals surface area contributed by atoms with Crippen LogP contribution in [-0.2, 0) is 7.05 Å². The monoisotopic (exact) mass is 203 g/mol. The highest BCUT2D eigenvalue weighted by molar-refractivity contribution is 5.68. The molecule has 0 amide bonds. The van der Waals surface area contributed by atoms with Crippen LogP contribution >= 0.6 is 0 Å². The van der Waals surface area contributed by atoms with Crippen LogP contribution in [-0.4, -0.2) is 9.78 Å². The fourth-order valence-electron chi connectivity index (χ4n) is 1.72. The van der Waals surface area contributed by atoms with Crippen molar-refractivity contribution in [2.45, 2.75) is 6.92 Å². The van der Waals surface area contributed by atoms with Crippen LogP contribution in [0.1, 0.15) is 5.69 Å². The zero-order valence-electron chi connectivity index (χ0n) is 8.74. The smallest absolute Gasteiger partial charge is 0.274 e. The Morgan fingerprint density at radius 2 is 2.13 bits per heavy atom. The molecule has 3 N–H and O–H groups in total. The van der Waals surface area contributed by atoms with Gasteiger partial charge in [-0.2, -0.15) is 0 Å². The van der Waals surface area contributed by atoms with Crippen LogP contribution in [0.25, 0.3) is 11.1 Å². The molecule has 1 aromatic heterocycles. The molecule has 0 aliphatic carbocycles. The summed E-state index contributed by atoms with van der Waals surface area (Å²) >= 11 is 0. The van der Waals surface area contributed by atoms with E-state index in [1.807, 2.05) is 19.1 Å². The van der Waals surface area contributed by atoms with Crippen molar-refractivity contribution in [1.29, 1.82) is 0 Å². The van der Waals surface area contributed by atoms with Gasteiger partial charge in [0.1, 0.15) is 0 Å². The predicted octanol–water partition coefficient (Wildman–Crippen LogP) is 1.27. The molecule has 4 nitrogen and oxygen atoms in total. The molecule has 0 unspecified atom stereocenters. The minimum Gasteiger partial charge on any atom is -0.399 e. The molecule has 1 heterocycles. The van der Waals surface area contributed by atoms with Crippen molar-refractivity contribution < 1.29 is 0 Å². The number of benzene rings is 1. The number of hydrogen-bond acceptors (Lipinski definition) is 2. The van der Waals surface area contributed by atoms with Gasteiger partial charge in [-0.25, -0.2) is 0 Å². The average molecular weight is 203 g/mol. The number of nitrogen functional groups attached to an aromatic ring is 1. The number of anilines is 1. The number of aryl methyl sites for hydroxylation is 2. The molecule has 0 saturated heterocycles. The van der Waals surface area contributed by atoms with E-state index in [0.29, 0.717) is 11.3 Å². The number of aromatic nitrogens is 2. The van der Waals surface area contributed by atoms with Gasteiger partial charge in [-0.15, -0.1) is 0 Å². The first-order valence-corrected chi connectivity index (χ1v) is 4.71. The number of rotatable bonds is 1. The first-order chi connectivity index (χ1) is 7.09. The lowest BCUT2D eigenvalue weighted by Gasteiger charge is -1.99. The summed E-state index contributed by atoms with van der Waals surface area (Å²) in [7, 11) is 1.70. The van der Waals surface area contributed by atoms with Crippen LogP contribution in [0.2, 0.25) is 0 Å². The molecule has 4 heteroatoms. The van der Waals surface area contributed by atoms with Crippen LogP contribution in [0.15, 0.2) is 29.1 Å². The van der Waals surface area contributed by atoms with Crippen LogP contribution in [0.4, 0.5) is 5.69 Å². The predicted molar refractivity (Wildman–Crippen MR) is 60.6 cm³/mol. The van der Waals surface area contributed by atoms with E-state index in [-0.39, 0.29) is 5.56 Å². The van der Waals surface area contributed by atoms with Crippen molar-refractivity contribution in [2.75, 3.05) is 5.73 Å². The Labute approximate surface area is 87.3 Å². The first-order valence-electron chi connectivity index (χ1n) is 4.71. The lowest BCUT2D eigenvalue weighted by Crippen LogP contribution is -2.13. The van der Waals surface area contributed by atoms with E-state index in [4.69, 9.17) is 5.73 Å². The summed E-state index contributed by atoms with van der Waals surface area (Å²) in [6.45, 7) is 1.87. The van der Waals surface area contributed by atoms with Gasteiger partial charge in [0.25, 0.3) is 5.56 Å². The van der Waals surface area contributed by atoms with Crippen molar-refractivity contribution in [3.63, 3.8) is 0 Å². The first kappa shape index (κ1) is 9.58. The average Bonchev–Trinajstić information content (AvgIpc) is 2.41. The van der Waals surface area contributed by atoms with Gasteiger partial charge in [0.2, 0.25) is 0 Å². The standard InChI is InChI=1S/C11H13N3O/c1-7-10(11(15)14(2)13-7)8-4-3-5-9(12)6-8/h3-6,13H,12H2,1-2H3. The van der Waals surface area contributed by atoms with Crippen molar-refractivity contribution in [1.82, 2.24) is 9.78 Å². The molecule has 15 heavy (non-hydrogen) atoms. The Balaban J connectivity index is 2.69. The highest BCUT2D eigenvalue weighted by Crippen LogP contribution is 2.20. The molecule has 78 valence electrons. The van der Waals surface area contributed by atoms with Crippen LogP contribution in [0, 0.1) is 6.92 Å². The maximum atomic E-state index is 11.8. The highest BCUT2D eigenvalue weighted by atomic mass is 16.1. The van der Waals surface area contributed by atoms with Gasteiger partial charge in [-0.3, -0.25) is 14.6 Å². The number of hydrogen-bond donors (Lipinski definition) is 2. The summed E-state index contributed by atoms with van der Waals surface area (Å²) < 4.78 is 1.47. The summed E-state index contributed by atoms with van der Waals surface area (Å²) in [6.07, 6.45) is 0. The summed E-state index contributed by atoms with van der Waals surface area (Å²) in [5.41, 5.74) is 8.71. The second-order valence-corrected chi connectivity index (χ2v) is 3.60. The third-order valence-electron chi connectivity index (χ3n) is 2.40. The fraction of sp³-hybridized carbons (Fsp3) is 0.182. The van der Waals surface area contributed by atoms with Crippen molar-refractivity contribution in [2.24, 2.45) is 7.05 Å². The van der Waals surface area contributed by atoms with E-state index in [9.17, 15) is 4.79 Å². The molecule has 0 atom stereocenters. The van der Waals surface area contributed by atoms with E-state index in [1.165, 1.54) is 4.68 Å². The largest absolute Gasteiger partial charge is 0.399 e. The Bertz CT molecular complexity index is 551. The van der Waals surface area contributed by atoms with Crippen LogP contribution in [0.5, 0.6) is 0 Å². The number of nitrogens with one attached hydrogen (secondary N) is 1. The minimum atomic E-state index is -0.0295. The number of H-pyrrole nitrogens is 1. The molecule has 0 saturated carbocycles. The summed E-state index contributed by atoms with van der Waals surface area (Å²) in [5.74, 6) is 0. The lowest BCUT2D eigenvalue weighted by molar-refractivity contribution is 0.731. The highest BCUT2D eigenvalue weighted by Gasteiger charge is 2.10. The van der Waals surface area contributed by atoms with Gasteiger partial charge < -0.3 is 5.73 Å². The van der Waals surface area contributed by atoms with Gasteiger partial charge in [0.15, 0.2) is 0 Å². The topological polar surface area (TPSA) is 63.8 Å². The quantitative estimate of drug-likeness (QED) is 0.685. The minimum absolute atomic E-state index is 0.0295. The molecule has 0 fully saturated rings. The van der Waals surface area contributed by atoms with Crippen molar-refractivity contribution >= 4 is 5.69 Å². The molecule has 1 aromatic carbocycles. The Morgan fingerprint density at radius 1 is 1.40 bits per heavy atom. The molecular weight excluding hydrogens is 190 g/mol. The number of nitrogens with two attached hydrogens (primary N) is 1. The van der Waals surface area contributed by atoms with Gasteiger partial charge in [-0.1, -0.05) is 12.1 Å². The summed E-state index contributed by atoms with van der Waals surface area (Å²) in [6, 6.07) is 7.33. The Hall–Kier alpha value is -1.97. The fourth-order valence-corrected chi connectivity index (χ4v) is 1.72. The summed E-state index contributed by atoms with van der Waals surface area (Å²) in [5, 5.41) is 2.96. The Morgan fingerprint density at radius 3 is 2.67 bits per heavy atom. The third kappa shape index (κ3) is 1.54. The maximum absolute atomic E-state index is 11.8. The normalized spacial score (nSPS) is 10.5. The van der Waals surface area contributed by atoms with Crippen molar-refractivity contribution in [3.05, 3.63) is 40.3 Å². The zero-order chi connectivity index (χ0) is 11.0. The zero-order valence-corrected chi connectivity index (χ0v) is 8.74. The molecule has 2 rings (SSSR count). The van der Waals surface area contributed by atoms with Gasteiger partial charge in [0, 0.05) is 18.4 Å². The van der Waals surface area contributed by atoms with Crippen LogP contribution < -0.4 is 11.3 Å². The third-order valence-corrected chi connectivity index (χ3v) is 2.40. The maximum Gasteiger partial charge on any atom is 0.274 e. The molecule has 2 aromatic rings. The molecule has 0 bridgehead atoms. The number of aromatic amines is 1. The number of nitrogens with zero attached hydrogens (tertiary/aromatic N) is 1. The summed E-state index contributed by atoms with van der Waals surface area (Å²) in [4.78, 5) is 11.8. The second kappa shape index (κ2) is 3.31. The lowest BCUT2D eigenvalue weighted by atomic mass is 10.1. The van der Waals surface area contributed by atoms with Gasteiger partial charge >= 0.3 is 0 Å². The van der Waals surface area contributed by atoms with Gasteiger partial charge in [0.05, 0.1) is 5.56 Å². The SMILES string of the molecule is Cc1[nH]n(C)c(=O)c1-c1cccc(N)c1. The van der Waals surface area contributed by atoms with Gasteiger partial charge in [-0.05, 0) is 24.6 Å². The second-order valence-electron chi connectivity index (χ2n) is 3.60. The molecule has 0 aliphatic heterocycles. The van der Waals surface area contributed by atoms with E-state index >= 15 is 0 Å². The van der Waals surface area contributed by atoms with E-state index in [1.54, 1.807) is 19.2 Å². The molecular formula is C11H13N3O. The Kier molecular flexibility index (Phi) is 2.11. The molecule has 0 radical (unpaired) electrons. The van der Waals surface area contributed by atoms with Crippen LogP contribution in [0.3, 0.4) is 0 Å². The van der Waals surface area contributed by atoms with E-state index < -0.39 is 0 Å². The van der Waals surface area contributed by atoms with Crippen molar-refractivity contribution in [3.8, 4) is 11.1 Å². The van der Waals surface area contributed by atoms with E-state index in [2.05, 4.69) is 5.10 Å². The van der Waals surface area contributed by atoms with E-state index in [0.717, 1.165) is 11.3 Å². The molecule has 0 aliphatic rings.